The van der Waals surface area contributed by atoms with E-state index in [2.05, 4.69) is 26.9 Å². The predicted octanol–water partition coefficient (Wildman–Crippen LogP) is 4.27. The zero-order chi connectivity index (χ0) is 18.8. The highest BCUT2D eigenvalue weighted by atomic mass is 79.9. The molecule has 27 heavy (non-hydrogen) atoms. The van der Waals surface area contributed by atoms with E-state index in [-0.39, 0.29) is 5.91 Å². The lowest BCUT2D eigenvalue weighted by Gasteiger charge is -2.35. The van der Waals surface area contributed by atoms with Crippen molar-refractivity contribution in [3.05, 3.63) is 76.3 Å². The highest BCUT2D eigenvalue weighted by Crippen LogP contribution is 2.30. The first-order valence-electron chi connectivity index (χ1n) is 9.08. The van der Waals surface area contributed by atoms with Crippen molar-refractivity contribution in [3.63, 3.8) is 0 Å². The summed E-state index contributed by atoms with van der Waals surface area (Å²) in [6.07, 6.45) is 0. The third-order valence-corrected chi connectivity index (χ3v) is 5.62. The van der Waals surface area contributed by atoms with E-state index < -0.39 is 0 Å². The van der Waals surface area contributed by atoms with Crippen LogP contribution in [0.25, 0.3) is 10.8 Å². The predicted molar refractivity (Wildman–Crippen MR) is 111 cm³/mol. The summed E-state index contributed by atoms with van der Waals surface area (Å²) in [5.41, 5.74) is 1.69. The lowest BCUT2D eigenvalue weighted by Crippen LogP contribution is -2.48. The maximum atomic E-state index is 12.6. The van der Waals surface area contributed by atoms with Gasteiger partial charge in [0.25, 0.3) is 5.91 Å². The standard InChI is InChI=1S/C22H21BrN2O2/c23-18-7-8-19-17(14-18)6-9-21(26)20(19)15-24-10-12-25(13-11-24)22(27)16-4-2-1-3-5-16/h1-9,14,26H,10-13,15H2. The molecule has 0 unspecified atom stereocenters. The van der Waals surface area contributed by atoms with Gasteiger partial charge < -0.3 is 10.0 Å². The first kappa shape index (κ1) is 18.0. The Kier molecular flexibility index (Phi) is 5.14. The Morgan fingerprint density at radius 2 is 1.70 bits per heavy atom. The number of rotatable bonds is 3. The Bertz CT molecular complexity index is 967. The van der Waals surface area contributed by atoms with Gasteiger partial charge in [-0.2, -0.15) is 0 Å². The number of carbonyl (C=O) groups excluding carboxylic acids is 1. The molecule has 0 bridgehead atoms. The third-order valence-electron chi connectivity index (χ3n) is 5.13. The molecule has 1 aliphatic rings. The number of nitrogens with zero attached hydrogens (tertiary/aromatic N) is 2. The first-order chi connectivity index (χ1) is 13.1. The van der Waals surface area contributed by atoms with E-state index in [1.807, 2.05) is 53.4 Å². The molecule has 138 valence electrons. The van der Waals surface area contributed by atoms with Gasteiger partial charge in [-0.1, -0.05) is 46.3 Å². The number of phenolic OH excluding ortho intramolecular Hbond substituents is 1. The van der Waals surface area contributed by atoms with E-state index in [1.165, 1.54) is 0 Å². The van der Waals surface area contributed by atoms with Crippen LogP contribution in [0.1, 0.15) is 15.9 Å². The van der Waals surface area contributed by atoms with Crippen molar-refractivity contribution in [3.8, 4) is 5.75 Å². The van der Waals surface area contributed by atoms with E-state index in [0.717, 1.165) is 39.5 Å². The van der Waals surface area contributed by atoms with Crippen LogP contribution in [0.3, 0.4) is 0 Å². The summed E-state index contributed by atoms with van der Waals surface area (Å²) >= 11 is 3.50. The SMILES string of the molecule is O=C(c1ccccc1)N1CCN(Cc2c(O)ccc3cc(Br)ccc23)CC1. The van der Waals surface area contributed by atoms with Crippen LogP contribution in [0, 0.1) is 0 Å². The second-order valence-electron chi connectivity index (χ2n) is 6.86. The monoisotopic (exact) mass is 424 g/mol. The number of amides is 1. The molecule has 0 atom stereocenters. The number of piperazine rings is 1. The average molecular weight is 425 g/mol. The average Bonchev–Trinajstić information content (AvgIpc) is 2.71. The van der Waals surface area contributed by atoms with Crippen LogP contribution in [0.5, 0.6) is 5.75 Å². The Labute approximate surface area is 167 Å². The van der Waals surface area contributed by atoms with Crippen LogP contribution in [0.2, 0.25) is 0 Å². The number of hydrogen-bond donors (Lipinski definition) is 1. The topological polar surface area (TPSA) is 43.8 Å². The fourth-order valence-electron chi connectivity index (χ4n) is 3.62. The van der Waals surface area contributed by atoms with Gasteiger partial charge in [-0.3, -0.25) is 9.69 Å². The van der Waals surface area contributed by atoms with Crippen molar-refractivity contribution >= 4 is 32.6 Å². The van der Waals surface area contributed by atoms with Crippen LogP contribution in [0.4, 0.5) is 0 Å². The van der Waals surface area contributed by atoms with Gasteiger partial charge in [0.05, 0.1) is 0 Å². The van der Waals surface area contributed by atoms with E-state index in [4.69, 9.17) is 0 Å². The van der Waals surface area contributed by atoms with Gasteiger partial charge >= 0.3 is 0 Å². The van der Waals surface area contributed by atoms with Gasteiger partial charge in [-0.05, 0) is 41.1 Å². The van der Waals surface area contributed by atoms with E-state index in [9.17, 15) is 9.90 Å². The largest absolute Gasteiger partial charge is 0.508 e. The molecule has 1 amide bonds. The van der Waals surface area contributed by atoms with Gasteiger partial charge in [0, 0.05) is 48.3 Å². The first-order valence-corrected chi connectivity index (χ1v) is 9.88. The van der Waals surface area contributed by atoms with Crippen LogP contribution in [-0.4, -0.2) is 47.0 Å². The molecule has 1 N–H and O–H groups in total. The summed E-state index contributed by atoms with van der Waals surface area (Å²) in [6, 6.07) is 19.2. The molecular formula is C22H21BrN2O2. The second kappa shape index (κ2) is 7.71. The number of phenols is 1. The number of carbonyl (C=O) groups is 1. The molecule has 1 aliphatic heterocycles. The zero-order valence-electron chi connectivity index (χ0n) is 14.9. The van der Waals surface area contributed by atoms with Crippen LogP contribution >= 0.6 is 15.9 Å². The van der Waals surface area contributed by atoms with Crippen molar-refractivity contribution in [2.24, 2.45) is 0 Å². The Hall–Kier alpha value is -2.37. The summed E-state index contributed by atoms with van der Waals surface area (Å²) in [5, 5.41) is 12.6. The lowest BCUT2D eigenvalue weighted by molar-refractivity contribution is 0.0628. The molecule has 0 aliphatic carbocycles. The Morgan fingerprint density at radius 3 is 2.44 bits per heavy atom. The molecule has 4 rings (SSSR count). The number of benzene rings is 3. The van der Waals surface area contributed by atoms with Gasteiger partial charge in [-0.15, -0.1) is 0 Å². The van der Waals surface area contributed by atoms with Gasteiger partial charge in [-0.25, -0.2) is 0 Å². The summed E-state index contributed by atoms with van der Waals surface area (Å²) in [5.74, 6) is 0.417. The molecule has 1 saturated heterocycles. The molecule has 0 spiro atoms. The normalized spacial score (nSPS) is 15.2. The van der Waals surface area contributed by atoms with Crippen LogP contribution in [0.15, 0.2) is 65.1 Å². The molecule has 3 aromatic carbocycles. The molecule has 4 nitrogen and oxygen atoms in total. The Balaban J connectivity index is 1.46. The van der Waals surface area contributed by atoms with Crippen molar-refractivity contribution in [1.82, 2.24) is 9.80 Å². The molecule has 5 heteroatoms. The molecule has 3 aromatic rings. The van der Waals surface area contributed by atoms with Crippen LogP contribution in [-0.2, 0) is 6.54 Å². The summed E-state index contributed by atoms with van der Waals surface area (Å²) < 4.78 is 1.03. The highest BCUT2D eigenvalue weighted by Gasteiger charge is 2.23. The summed E-state index contributed by atoms with van der Waals surface area (Å²) in [6.45, 7) is 3.67. The highest BCUT2D eigenvalue weighted by molar-refractivity contribution is 9.10. The number of hydrogen-bond acceptors (Lipinski definition) is 3. The smallest absolute Gasteiger partial charge is 0.253 e. The fraction of sp³-hybridized carbons (Fsp3) is 0.227. The fourth-order valence-corrected chi connectivity index (χ4v) is 3.99. The number of halogens is 1. The molecule has 0 saturated carbocycles. The second-order valence-corrected chi connectivity index (χ2v) is 7.78. The lowest BCUT2D eigenvalue weighted by atomic mass is 10.0. The van der Waals surface area contributed by atoms with Crippen LogP contribution < -0.4 is 0 Å². The summed E-state index contributed by atoms with van der Waals surface area (Å²) in [7, 11) is 0. The van der Waals surface area contributed by atoms with E-state index in [1.54, 1.807) is 6.07 Å². The number of fused-ring (bicyclic) bond motifs is 1. The van der Waals surface area contributed by atoms with Crippen molar-refractivity contribution in [1.29, 1.82) is 0 Å². The minimum Gasteiger partial charge on any atom is -0.508 e. The molecular weight excluding hydrogens is 404 g/mol. The third kappa shape index (κ3) is 3.84. The van der Waals surface area contributed by atoms with Gasteiger partial charge in [0.1, 0.15) is 5.75 Å². The van der Waals surface area contributed by atoms with Crippen molar-refractivity contribution in [2.45, 2.75) is 6.54 Å². The minimum absolute atomic E-state index is 0.0908. The van der Waals surface area contributed by atoms with E-state index >= 15 is 0 Å². The quantitative estimate of drug-likeness (QED) is 0.682. The van der Waals surface area contributed by atoms with Crippen molar-refractivity contribution in [2.75, 3.05) is 26.2 Å². The molecule has 0 aromatic heterocycles. The molecule has 1 heterocycles. The summed E-state index contributed by atoms with van der Waals surface area (Å²) in [4.78, 5) is 16.8. The minimum atomic E-state index is 0.0908. The number of aromatic hydroxyl groups is 1. The zero-order valence-corrected chi connectivity index (χ0v) is 16.5. The molecule has 1 fully saturated rings. The Morgan fingerprint density at radius 1 is 0.963 bits per heavy atom. The maximum absolute atomic E-state index is 12.6. The van der Waals surface area contributed by atoms with Gasteiger partial charge in [0.2, 0.25) is 0 Å². The van der Waals surface area contributed by atoms with E-state index in [0.29, 0.717) is 25.4 Å². The maximum Gasteiger partial charge on any atom is 0.253 e. The van der Waals surface area contributed by atoms with Gasteiger partial charge in [0.15, 0.2) is 0 Å². The molecule has 0 radical (unpaired) electrons. The van der Waals surface area contributed by atoms with Crippen molar-refractivity contribution < 1.29 is 9.90 Å².